The van der Waals surface area contributed by atoms with Gasteiger partial charge in [-0.3, -0.25) is 4.79 Å². The summed E-state index contributed by atoms with van der Waals surface area (Å²) in [4.78, 5) is 19.5. The van der Waals surface area contributed by atoms with Crippen LogP contribution in [-0.2, 0) is 4.79 Å². The number of nitrogens with zero attached hydrogens (tertiary/aromatic N) is 3. The molecule has 3 aromatic rings. The first kappa shape index (κ1) is 21.4. The van der Waals surface area contributed by atoms with E-state index in [4.69, 9.17) is 4.74 Å². The van der Waals surface area contributed by atoms with E-state index in [1.807, 2.05) is 42.0 Å². The van der Waals surface area contributed by atoms with Crippen LogP contribution >= 0.6 is 0 Å². The molecular formula is C26H25F2N3O2. The third-order valence-corrected chi connectivity index (χ3v) is 6.61. The van der Waals surface area contributed by atoms with Crippen LogP contribution < -0.4 is 4.74 Å². The molecule has 2 atom stereocenters. The van der Waals surface area contributed by atoms with E-state index in [2.05, 4.69) is 4.98 Å². The summed E-state index contributed by atoms with van der Waals surface area (Å²) < 4.78 is 35.4. The van der Waals surface area contributed by atoms with Gasteiger partial charge in [0.05, 0.1) is 30.9 Å². The van der Waals surface area contributed by atoms with Crippen molar-refractivity contribution in [1.29, 1.82) is 0 Å². The van der Waals surface area contributed by atoms with E-state index < -0.39 is 11.6 Å². The minimum atomic E-state index is -0.611. The molecule has 2 fully saturated rings. The Morgan fingerprint density at radius 1 is 1.12 bits per heavy atom. The quantitative estimate of drug-likeness (QED) is 0.503. The first-order valence-corrected chi connectivity index (χ1v) is 11.1. The van der Waals surface area contributed by atoms with Gasteiger partial charge in [-0.2, -0.15) is 0 Å². The Bertz CT molecular complexity index is 1250. The Morgan fingerprint density at radius 2 is 1.97 bits per heavy atom. The van der Waals surface area contributed by atoms with Gasteiger partial charge in [0.1, 0.15) is 17.4 Å². The molecule has 2 aliphatic rings. The Kier molecular flexibility index (Phi) is 5.48. The number of rotatable bonds is 4. The molecule has 1 amide bonds. The smallest absolute Gasteiger partial charge is 0.250 e. The van der Waals surface area contributed by atoms with Crippen LogP contribution in [0.2, 0.25) is 0 Å². The van der Waals surface area contributed by atoms with Crippen LogP contribution in [0.4, 0.5) is 8.78 Å². The van der Waals surface area contributed by atoms with Crippen LogP contribution in [-0.4, -0.2) is 33.5 Å². The van der Waals surface area contributed by atoms with Gasteiger partial charge in [0.2, 0.25) is 0 Å². The highest BCUT2D eigenvalue weighted by Crippen LogP contribution is 2.43. The lowest BCUT2D eigenvalue weighted by molar-refractivity contribution is -0.131. The van der Waals surface area contributed by atoms with Crippen LogP contribution in [0.5, 0.6) is 5.75 Å². The van der Waals surface area contributed by atoms with Crippen LogP contribution in [0.1, 0.15) is 48.5 Å². The number of amides is 1. The van der Waals surface area contributed by atoms with Crippen molar-refractivity contribution in [2.75, 3.05) is 7.11 Å². The molecule has 5 nitrogen and oxygen atoms in total. The lowest BCUT2D eigenvalue weighted by atomic mass is 9.95. The largest absolute Gasteiger partial charge is 0.495 e. The third-order valence-electron chi connectivity index (χ3n) is 6.61. The van der Waals surface area contributed by atoms with Gasteiger partial charge in [-0.05, 0) is 62.4 Å². The molecule has 7 heteroatoms. The predicted octanol–water partition coefficient (Wildman–Crippen LogP) is 5.38. The minimum absolute atomic E-state index is 0.0780. The fraction of sp³-hybridized carbons (Fsp3) is 0.308. The average Bonchev–Trinajstić information content (AvgIpc) is 3.42. The number of benzene rings is 2. The fourth-order valence-corrected chi connectivity index (χ4v) is 5.03. The molecule has 0 saturated carbocycles. The first-order valence-electron chi connectivity index (χ1n) is 11.1. The van der Waals surface area contributed by atoms with E-state index in [1.165, 1.54) is 12.1 Å². The number of carbonyl (C=O) groups is 1. The second-order valence-corrected chi connectivity index (χ2v) is 8.69. The summed E-state index contributed by atoms with van der Waals surface area (Å²) in [6.07, 6.45) is 8.55. The first-order chi connectivity index (χ1) is 15.9. The zero-order chi connectivity index (χ0) is 23.1. The van der Waals surface area contributed by atoms with Gasteiger partial charge in [0.25, 0.3) is 5.91 Å². The molecule has 33 heavy (non-hydrogen) atoms. The topological polar surface area (TPSA) is 47.4 Å². The zero-order valence-electron chi connectivity index (χ0n) is 18.6. The molecule has 0 aliphatic carbocycles. The highest BCUT2D eigenvalue weighted by atomic mass is 19.1. The van der Waals surface area contributed by atoms with Crippen LogP contribution in [0.3, 0.4) is 0 Å². The van der Waals surface area contributed by atoms with Gasteiger partial charge in [0, 0.05) is 29.4 Å². The van der Waals surface area contributed by atoms with Crippen molar-refractivity contribution in [3.63, 3.8) is 0 Å². The minimum Gasteiger partial charge on any atom is -0.495 e. The van der Waals surface area contributed by atoms with Crippen molar-refractivity contribution in [2.45, 2.75) is 44.7 Å². The lowest BCUT2D eigenvalue weighted by Gasteiger charge is -2.35. The van der Waals surface area contributed by atoms with Crippen LogP contribution in [0, 0.1) is 18.6 Å². The Balaban J connectivity index is 1.44. The van der Waals surface area contributed by atoms with Crippen molar-refractivity contribution in [3.8, 4) is 11.4 Å². The standard InChI is InChI=1S/C26H25F2N3O2/c1-16-14-30(15-29-16)24-9-3-17(12-25(24)33-2)11-18-4-6-20-7-10-23(31(20)26(18)32)21-8-5-19(27)13-22(21)28/h3,5,8-9,11-15,20,23H,4,6-7,10H2,1-2H3/t20-,23-/m0/s1. The monoisotopic (exact) mass is 449 g/mol. The number of piperidine rings is 1. The maximum Gasteiger partial charge on any atom is 0.250 e. The summed E-state index contributed by atoms with van der Waals surface area (Å²) >= 11 is 0. The summed E-state index contributed by atoms with van der Waals surface area (Å²) in [5, 5.41) is 0. The fourth-order valence-electron chi connectivity index (χ4n) is 5.03. The molecule has 0 spiro atoms. The van der Waals surface area contributed by atoms with Crippen molar-refractivity contribution < 1.29 is 18.3 Å². The SMILES string of the molecule is COc1cc(C=C2CC[C@H]3CC[C@@H](c4ccc(F)cc4F)N3C2=O)ccc1-n1cnc(C)c1. The number of hydrogen-bond acceptors (Lipinski definition) is 3. The van der Waals surface area contributed by atoms with E-state index in [0.29, 0.717) is 29.7 Å². The Hall–Kier alpha value is -3.48. The number of methoxy groups -OCH3 is 1. The van der Waals surface area contributed by atoms with Crippen molar-refractivity contribution in [1.82, 2.24) is 14.5 Å². The number of imidazole rings is 1. The number of fused-ring (bicyclic) bond motifs is 1. The molecule has 0 radical (unpaired) electrons. The molecule has 2 aromatic carbocycles. The van der Waals surface area contributed by atoms with Crippen molar-refractivity contribution >= 4 is 12.0 Å². The molecule has 170 valence electrons. The predicted molar refractivity (Wildman–Crippen MR) is 121 cm³/mol. The summed E-state index contributed by atoms with van der Waals surface area (Å²) in [5.41, 5.74) is 3.70. The number of aryl methyl sites for hydroxylation is 1. The molecule has 3 heterocycles. The van der Waals surface area contributed by atoms with E-state index >= 15 is 0 Å². The van der Waals surface area contributed by atoms with Crippen LogP contribution in [0.25, 0.3) is 11.8 Å². The van der Waals surface area contributed by atoms with E-state index in [-0.39, 0.29) is 18.0 Å². The second-order valence-electron chi connectivity index (χ2n) is 8.69. The number of carbonyl (C=O) groups excluding carboxylic acids is 1. The van der Waals surface area contributed by atoms with Crippen molar-refractivity contribution in [2.24, 2.45) is 0 Å². The van der Waals surface area contributed by atoms with Crippen molar-refractivity contribution in [3.05, 3.63) is 83.0 Å². The van der Waals surface area contributed by atoms with Gasteiger partial charge < -0.3 is 14.2 Å². The molecule has 0 bridgehead atoms. The summed E-state index contributed by atoms with van der Waals surface area (Å²) in [7, 11) is 1.61. The van der Waals surface area contributed by atoms with Gasteiger partial charge in [0.15, 0.2) is 0 Å². The second kappa shape index (κ2) is 8.46. The molecule has 5 rings (SSSR count). The number of hydrogen-bond donors (Lipinski definition) is 0. The molecule has 0 N–H and O–H groups in total. The lowest BCUT2D eigenvalue weighted by Crippen LogP contribution is -2.42. The summed E-state index contributed by atoms with van der Waals surface area (Å²) in [6, 6.07) is 9.12. The molecule has 2 saturated heterocycles. The van der Waals surface area contributed by atoms with Gasteiger partial charge >= 0.3 is 0 Å². The van der Waals surface area contributed by atoms with Crippen LogP contribution in [0.15, 0.2) is 54.5 Å². The Labute approximate surface area is 191 Å². The number of ether oxygens (including phenoxy) is 1. The molecule has 1 aromatic heterocycles. The molecular weight excluding hydrogens is 424 g/mol. The van der Waals surface area contributed by atoms with E-state index in [9.17, 15) is 13.6 Å². The highest BCUT2D eigenvalue weighted by molar-refractivity contribution is 5.99. The normalized spacial score (nSPS) is 21.5. The zero-order valence-corrected chi connectivity index (χ0v) is 18.6. The number of halogens is 2. The van der Waals surface area contributed by atoms with Gasteiger partial charge in [-0.15, -0.1) is 0 Å². The maximum atomic E-state index is 14.5. The third kappa shape index (κ3) is 3.92. The highest BCUT2D eigenvalue weighted by Gasteiger charge is 2.42. The van der Waals surface area contributed by atoms with E-state index in [0.717, 1.165) is 35.9 Å². The van der Waals surface area contributed by atoms with E-state index in [1.54, 1.807) is 18.3 Å². The average molecular weight is 450 g/mol. The number of aromatic nitrogens is 2. The Morgan fingerprint density at radius 3 is 2.70 bits per heavy atom. The molecule has 2 aliphatic heterocycles. The van der Waals surface area contributed by atoms with Gasteiger partial charge in [-0.25, -0.2) is 13.8 Å². The maximum absolute atomic E-state index is 14.5. The summed E-state index contributed by atoms with van der Waals surface area (Å²) in [6.45, 7) is 1.92. The van der Waals surface area contributed by atoms with Gasteiger partial charge in [-0.1, -0.05) is 12.1 Å². The summed E-state index contributed by atoms with van der Waals surface area (Å²) in [5.74, 6) is -0.611. The molecule has 0 unspecified atom stereocenters.